The number of carbonyl (C=O) groups excluding carboxylic acids is 1. The fourth-order valence-electron chi connectivity index (χ4n) is 2.59. The number of hydrogen-bond acceptors (Lipinski definition) is 6. The second-order valence-electron chi connectivity index (χ2n) is 6.46. The quantitative estimate of drug-likeness (QED) is 0.387. The average molecular weight is 553 g/mol. The molecular weight excluding hydrogens is 524 g/mol. The molecule has 0 bridgehead atoms. The number of halogens is 4. The van der Waals surface area contributed by atoms with E-state index in [1.807, 2.05) is 31.1 Å². The van der Waals surface area contributed by atoms with E-state index in [1.54, 1.807) is 13.0 Å². The van der Waals surface area contributed by atoms with Crippen LogP contribution < -0.4 is 56.1 Å². The van der Waals surface area contributed by atoms with Gasteiger partial charge in [0.2, 0.25) is 0 Å². The summed E-state index contributed by atoms with van der Waals surface area (Å²) in [6.45, 7) is 12.2. The summed E-state index contributed by atoms with van der Waals surface area (Å²) in [5.74, 6) is -0.209. The number of aryl methyl sites for hydroxylation is 1. The van der Waals surface area contributed by atoms with Crippen LogP contribution in [0.25, 0.3) is 10.9 Å². The largest absolute Gasteiger partial charge is 1.00 e. The number of aromatic nitrogens is 1. The molecular formula is C25H29ClF3KN2O4-2. The van der Waals surface area contributed by atoms with Crippen LogP contribution in [0.4, 0.5) is 13.2 Å². The van der Waals surface area contributed by atoms with E-state index in [0.717, 1.165) is 50.9 Å². The van der Waals surface area contributed by atoms with E-state index in [-0.39, 0.29) is 57.1 Å². The van der Waals surface area contributed by atoms with Gasteiger partial charge in [-0.25, -0.2) is 0 Å². The molecule has 194 valence electrons. The van der Waals surface area contributed by atoms with E-state index in [9.17, 15) is 13.2 Å². The molecule has 0 saturated carbocycles. The monoisotopic (exact) mass is 552 g/mol. The van der Waals surface area contributed by atoms with Gasteiger partial charge in [0.1, 0.15) is 6.79 Å². The Labute approximate surface area is 258 Å². The van der Waals surface area contributed by atoms with Gasteiger partial charge in [0.15, 0.2) is 0 Å². The third kappa shape index (κ3) is 16.6. The zero-order chi connectivity index (χ0) is 26.7. The summed E-state index contributed by atoms with van der Waals surface area (Å²) < 4.78 is 43.7. The molecule has 0 amide bonds. The Hall–Kier alpha value is -1.08. The number of morpholine rings is 1. The summed E-state index contributed by atoms with van der Waals surface area (Å²) >= 11 is 5.87. The number of benzene rings is 2. The number of rotatable bonds is 2. The van der Waals surface area contributed by atoms with E-state index in [1.165, 1.54) is 18.2 Å². The number of ether oxygens (including phenoxy) is 2. The number of para-hydroxylation sites is 1. The SMILES string of the molecule is C=O.CO.Cc1[c-]ccc(OC(F)(F)F)c1.Clc1cccc2cc[c-]nc12.[CH2-]CN1CCOCC1.[K+]. The van der Waals surface area contributed by atoms with E-state index >= 15 is 0 Å². The number of nitrogens with zero attached hydrogens (tertiary/aromatic N) is 2. The van der Waals surface area contributed by atoms with Gasteiger partial charge in [0.05, 0.1) is 13.2 Å². The Morgan fingerprint density at radius 1 is 1.19 bits per heavy atom. The van der Waals surface area contributed by atoms with Gasteiger partial charge in [0.25, 0.3) is 0 Å². The Bertz CT molecular complexity index is 956. The summed E-state index contributed by atoms with van der Waals surface area (Å²) in [5, 5.41) is 8.73. The molecule has 1 aliphatic heterocycles. The first-order chi connectivity index (χ1) is 16.8. The molecule has 6 nitrogen and oxygen atoms in total. The predicted molar refractivity (Wildman–Crippen MR) is 130 cm³/mol. The van der Waals surface area contributed by atoms with Gasteiger partial charge in [-0.2, -0.15) is 29.8 Å². The smallest absolute Gasteiger partial charge is 0.432 e. The van der Waals surface area contributed by atoms with Crippen LogP contribution in [0, 0.1) is 26.1 Å². The molecule has 0 radical (unpaired) electrons. The Kier molecular flexibility index (Phi) is 22.6. The predicted octanol–water partition coefficient (Wildman–Crippen LogP) is 1.96. The van der Waals surface area contributed by atoms with Crippen molar-refractivity contribution >= 4 is 29.3 Å². The number of aliphatic hydroxyl groups is 1. The number of pyridine rings is 1. The van der Waals surface area contributed by atoms with Gasteiger partial charge >= 0.3 is 57.7 Å². The summed E-state index contributed by atoms with van der Waals surface area (Å²) in [6.07, 6.45) is -1.88. The number of fused-ring (bicyclic) bond motifs is 1. The summed E-state index contributed by atoms with van der Waals surface area (Å²) in [6, 6.07) is 16.0. The van der Waals surface area contributed by atoms with Crippen molar-refractivity contribution in [3.05, 3.63) is 78.3 Å². The number of hydrogen-bond donors (Lipinski definition) is 1. The van der Waals surface area contributed by atoms with Crippen molar-refractivity contribution in [2.45, 2.75) is 13.3 Å². The van der Waals surface area contributed by atoms with Crippen LogP contribution in [0.1, 0.15) is 5.56 Å². The van der Waals surface area contributed by atoms with Crippen molar-refractivity contribution in [2.24, 2.45) is 0 Å². The minimum atomic E-state index is -4.62. The minimum Gasteiger partial charge on any atom is -0.432 e. The van der Waals surface area contributed by atoms with Crippen molar-refractivity contribution < 1.29 is 83.9 Å². The maximum Gasteiger partial charge on any atom is 1.00 e. The van der Waals surface area contributed by atoms with Gasteiger partial charge in [-0.1, -0.05) is 42.9 Å². The van der Waals surface area contributed by atoms with E-state index in [4.69, 9.17) is 26.2 Å². The van der Waals surface area contributed by atoms with Crippen molar-refractivity contribution in [2.75, 3.05) is 40.0 Å². The van der Waals surface area contributed by atoms with Crippen LogP contribution in [0.5, 0.6) is 5.75 Å². The molecule has 3 aromatic rings. The normalized spacial score (nSPS) is 12.4. The molecule has 36 heavy (non-hydrogen) atoms. The standard InChI is InChI=1S/C9H5ClN.C8H6F3O.C6H12NO.CH4O.CH2O.K/c10-8-5-1-3-7-4-2-6-11-9(7)8;1-6-3-2-4-7(5-6)12-8(9,10)11;1-2-7-3-5-8-6-4-7;2*1-2;/h1-5H;2,4-5H,1H3;1-6H2;2H,1H3;1H2;/q3*-1;;;+1. The van der Waals surface area contributed by atoms with Gasteiger partial charge in [-0.15, -0.1) is 37.2 Å². The maximum atomic E-state index is 11.6. The summed E-state index contributed by atoms with van der Waals surface area (Å²) in [7, 11) is 1.00. The van der Waals surface area contributed by atoms with Crippen LogP contribution in [-0.2, 0) is 9.53 Å². The molecule has 1 N–H and O–H groups in total. The molecule has 1 fully saturated rings. The van der Waals surface area contributed by atoms with Gasteiger partial charge in [-0.05, 0) is 5.52 Å². The fraction of sp³-hybridized carbons (Fsp3) is 0.320. The molecule has 1 aromatic heterocycles. The Balaban J connectivity index is 0. The molecule has 0 spiro atoms. The van der Waals surface area contributed by atoms with E-state index < -0.39 is 6.36 Å². The van der Waals surface area contributed by atoms with Crippen molar-refractivity contribution in [1.29, 1.82) is 0 Å². The molecule has 1 aliphatic rings. The fourth-order valence-corrected chi connectivity index (χ4v) is 2.82. The van der Waals surface area contributed by atoms with Gasteiger partial charge in [0, 0.05) is 31.0 Å². The zero-order valence-corrected chi connectivity index (χ0v) is 24.5. The molecule has 4 rings (SSSR count). The molecule has 11 heteroatoms. The van der Waals surface area contributed by atoms with Crippen molar-refractivity contribution in [1.82, 2.24) is 9.88 Å². The molecule has 0 atom stereocenters. The maximum absolute atomic E-state index is 11.6. The Morgan fingerprint density at radius 2 is 1.83 bits per heavy atom. The zero-order valence-electron chi connectivity index (χ0n) is 20.6. The van der Waals surface area contributed by atoms with Gasteiger partial charge < -0.3 is 36.2 Å². The number of alkyl halides is 3. The molecule has 1 saturated heterocycles. The van der Waals surface area contributed by atoms with E-state index in [2.05, 4.69) is 33.8 Å². The summed E-state index contributed by atoms with van der Waals surface area (Å²) in [4.78, 5) is 14.3. The average Bonchev–Trinajstić information content (AvgIpc) is 2.87. The molecule has 2 aromatic carbocycles. The van der Waals surface area contributed by atoms with Crippen molar-refractivity contribution in [3.8, 4) is 5.75 Å². The summed E-state index contributed by atoms with van der Waals surface area (Å²) in [5.41, 5.74) is 1.42. The number of aliphatic hydroxyl groups excluding tert-OH is 1. The van der Waals surface area contributed by atoms with Crippen LogP contribution in [0.3, 0.4) is 0 Å². The second-order valence-corrected chi connectivity index (χ2v) is 6.87. The van der Waals surface area contributed by atoms with Gasteiger partial charge in [-0.3, -0.25) is 0 Å². The van der Waals surface area contributed by atoms with Crippen LogP contribution in [-0.4, -0.2) is 68.1 Å². The molecule has 2 heterocycles. The number of carbonyl (C=O) groups is 1. The second kappa shape index (κ2) is 22.0. The first-order valence-corrected chi connectivity index (χ1v) is 10.6. The Morgan fingerprint density at radius 3 is 2.33 bits per heavy atom. The minimum absolute atomic E-state index is 0. The molecule has 0 aliphatic carbocycles. The van der Waals surface area contributed by atoms with E-state index in [0.29, 0.717) is 10.6 Å². The molecule has 0 unspecified atom stereocenters. The first-order valence-electron chi connectivity index (χ1n) is 10.3. The third-order valence-corrected chi connectivity index (χ3v) is 4.41. The van der Waals surface area contributed by atoms with Crippen molar-refractivity contribution in [3.63, 3.8) is 0 Å². The van der Waals surface area contributed by atoms with Crippen LogP contribution >= 0.6 is 11.6 Å². The van der Waals surface area contributed by atoms with Crippen LogP contribution in [0.15, 0.2) is 48.5 Å². The third-order valence-electron chi connectivity index (χ3n) is 4.10. The van der Waals surface area contributed by atoms with Crippen LogP contribution in [0.2, 0.25) is 5.02 Å². The first kappa shape index (κ1) is 37.1. The topological polar surface area (TPSA) is 71.9 Å².